The van der Waals surface area contributed by atoms with Gasteiger partial charge in [0.1, 0.15) is 17.6 Å². The van der Waals surface area contributed by atoms with E-state index in [2.05, 4.69) is 43.6 Å². The number of carbonyl (C=O) groups excluding carboxylic acids is 2. The molecule has 1 saturated heterocycles. The van der Waals surface area contributed by atoms with Gasteiger partial charge >= 0.3 is 5.97 Å². The molecule has 10 nitrogen and oxygen atoms in total. The number of benzene rings is 1. The fourth-order valence-electron chi connectivity index (χ4n) is 3.90. The number of amides is 1. The zero-order chi connectivity index (χ0) is 31.5. The number of nitrogens with one attached hydrogen (secondary N) is 1. The molecule has 1 aromatic heterocycles. The smallest absolute Gasteiger partial charge is 0.340 e. The highest BCUT2D eigenvalue weighted by Gasteiger charge is 2.38. The Hall–Kier alpha value is -3.41. The minimum atomic E-state index is -4.02. The molecule has 0 atom stereocenters. The molecule has 0 bridgehead atoms. The van der Waals surface area contributed by atoms with Crippen LogP contribution in [0.25, 0.3) is 0 Å². The minimum absolute atomic E-state index is 0.0470. The molecule has 1 aliphatic rings. The summed E-state index contributed by atoms with van der Waals surface area (Å²) in [5.74, 6) is -3.08. The average molecular weight is 623 g/mol. The Kier molecular flexibility index (Phi) is 10.1. The first-order valence-corrected chi connectivity index (χ1v) is 18.0. The van der Waals surface area contributed by atoms with Gasteiger partial charge in [-0.3, -0.25) is 9.52 Å². The van der Waals surface area contributed by atoms with E-state index >= 15 is 0 Å². The molecule has 0 spiro atoms. The van der Waals surface area contributed by atoms with Crippen LogP contribution in [0.5, 0.6) is 0 Å². The van der Waals surface area contributed by atoms with Crippen LogP contribution in [0, 0.1) is 17.2 Å². The van der Waals surface area contributed by atoms with E-state index in [-0.39, 0.29) is 36.1 Å². The number of esters is 1. The van der Waals surface area contributed by atoms with E-state index in [9.17, 15) is 32.0 Å². The molecule has 1 amide bonds. The van der Waals surface area contributed by atoms with E-state index in [1.54, 1.807) is 24.3 Å². The van der Waals surface area contributed by atoms with Gasteiger partial charge in [0.05, 0.1) is 36.0 Å². The first-order chi connectivity index (χ1) is 19.5. The zero-order valence-electron chi connectivity index (χ0n) is 24.5. The van der Waals surface area contributed by atoms with E-state index in [1.165, 1.54) is 11.8 Å². The summed E-state index contributed by atoms with van der Waals surface area (Å²) in [5, 5.41) is 9.58. The first kappa shape index (κ1) is 33.1. The highest BCUT2D eigenvalue weighted by molar-refractivity contribution is 7.89. The molecule has 0 unspecified atom stereocenters. The van der Waals surface area contributed by atoms with Crippen LogP contribution in [-0.4, -0.2) is 53.3 Å². The predicted molar refractivity (Wildman–Crippen MR) is 155 cm³/mol. The predicted octanol–water partition coefficient (Wildman–Crippen LogP) is 4.67. The molecule has 14 heteroatoms. The Balaban J connectivity index is 1.61. The van der Waals surface area contributed by atoms with Crippen LogP contribution in [0.4, 0.5) is 14.6 Å². The lowest BCUT2D eigenvalue weighted by molar-refractivity contribution is -0.123. The van der Waals surface area contributed by atoms with Crippen LogP contribution < -0.4 is 9.62 Å². The number of carbonyl (C=O) groups is 2. The lowest BCUT2D eigenvalue weighted by Gasteiger charge is -2.39. The molecule has 0 aliphatic carbocycles. The van der Waals surface area contributed by atoms with Crippen molar-refractivity contribution in [1.29, 1.82) is 5.26 Å². The van der Waals surface area contributed by atoms with Gasteiger partial charge < -0.3 is 14.1 Å². The summed E-state index contributed by atoms with van der Waals surface area (Å²) in [4.78, 5) is 30.0. The van der Waals surface area contributed by atoms with Gasteiger partial charge in [-0.1, -0.05) is 45.0 Å². The third-order valence-corrected chi connectivity index (χ3v) is 13.2. The Morgan fingerprint density at radius 3 is 2.31 bits per heavy atom. The van der Waals surface area contributed by atoms with E-state index in [4.69, 9.17) is 9.16 Å². The topological polar surface area (TPSA) is 139 Å². The van der Waals surface area contributed by atoms with Crippen LogP contribution in [0.15, 0.2) is 30.3 Å². The summed E-state index contributed by atoms with van der Waals surface area (Å²) in [6.45, 7) is 12.5. The molecule has 0 radical (unpaired) electrons. The third-order valence-electron chi connectivity index (χ3n) is 7.45. The minimum Gasteiger partial charge on any atom is -0.462 e. The zero-order valence-corrected chi connectivity index (χ0v) is 26.3. The Morgan fingerprint density at radius 1 is 1.19 bits per heavy atom. The number of rotatable bonds is 11. The molecular weight excluding hydrogens is 586 g/mol. The monoisotopic (exact) mass is 622 g/mol. The first-order valence-electron chi connectivity index (χ1n) is 13.4. The molecule has 1 fully saturated rings. The highest BCUT2D eigenvalue weighted by atomic mass is 32.2. The number of nitrogens with zero attached hydrogens (tertiary/aromatic N) is 3. The number of anilines is 1. The van der Waals surface area contributed by atoms with Crippen molar-refractivity contribution in [2.24, 2.45) is 5.92 Å². The van der Waals surface area contributed by atoms with Crippen molar-refractivity contribution in [2.75, 3.05) is 24.6 Å². The van der Waals surface area contributed by atoms with E-state index < -0.39 is 59.6 Å². The standard InChI is InChI=1S/C28H36F2N4O6SSi/c1-7-39-27(36)22-12-20(13-31)25(32-23(22)24(29)30)34-14-21(15-34)26(35)33-41(37,38)17-19-10-8-18(9-11-19)16-40-42(5,6)28(2,3)4/h8-12,21,24H,7,14-17H2,1-6H3,(H,33,35). The lowest BCUT2D eigenvalue weighted by Crippen LogP contribution is -2.55. The number of aromatic nitrogens is 1. The second kappa shape index (κ2) is 12.8. The Bertz CT molecular complexity index is 1460. The number of alkyl halides is 2. The quantitative estimate of drug-likeness (QED) is 0.280. The fraction of sp³-hybridized carbons (Fsp3) is 0.500. The van der Waals surface area contributed by atoms with Crippen molar-refractivity contribution < 1.29 is 36.0 Å². The summed E-state index contributed by atoms with van der Waals surface area (Å²) >= 11 is 0. The number of halogens is 2. The maximum atomic E-state index is 13.6. The highest BCUT2D eigenvalue weighted by Crippen LogP contribution is 2.37. The number of pyridine rings is 1. The number of nitriles is 1. The maximum Gasteiger partial charge on any atom is 0.340 e. The van der Waals surface area contributed by atoms with Crippen molar-refractivity contribution in [3.8, 4) is 6.07 Å². The maximum absolute atomic E-state index is 13.6. The molecule has 1 N–H and O–H groups in total. The lowest BCUT2D eigenvalue weighted by atomic mass is 9.98. The van der Waals surface area contributed by atoms with E-state index in [0.29, 0.717) is 12.2 Å². The molecule has 42 heavy (non-hydrogen) atoms. The summed E-state index contributed by atoms with van der Waals surface area (Å²) < 4.78 is 65.7. The summed E-state index contributed by atoms with van der Waals surface area (Å²) in [5.41, 5.74) is -0.0901. The van der Waals surface area contributed by atoms with Crippen LogP contribution in [-0.2, 0) is 36.3 Å². The van der Waals surface area contributed by atoms with Gasteiger partial charge in [-0.05, 0) is 42.2 Å². The van der Waals surface area contributed by atoms with Crippen LogP contribution in [0.2, 0.25) is 18.1 Å². The van der Waals surface area contributed by atoms with Crippen LogP contribution >= 0.6 is 0 Å². The SMILES string of the molecule is CCOC(=O)c1cc(C#N)c(N2CC(C(=O)NS(=O)(=O)Cc3ccc(CO[Si](C)(C)C(C)(C)C)cc3)C2)nc1C(F)F. The summed E-state index contributed by atoms with van der Waals surface area (Å²) in [6, 6.07) is 9.76. The molecule has 2 aromatic rings. The van der Waals surface area contributed by atoms with Crippen LogP contribution in [0.3, 0.4) is 0 Å². The molecule has 2 heterocycles. The number of sulfonamides is 1. The van der Waals surface area contributed by atoms with Crippen LogP contribution in [0.1, 0.15) is 66.9 Å². The number of hydrogen-bond acceptors (Lipinski definition) is 9. The van der Waals surface area contributed by atoms with Crippen molar-refractivity contribution >= 4 is 36.0 Å². The molecule has 1 aliphatic heterocycles. The number of hydrogen-bond donors (Lipinski definition) is 1. The Labute approximate surface area is 246 Å². The molecule has 1 aromatic carbocycles. The molecule has 3 rings (SSSR count). The van der Waals surface area contributed by atoms with Crippen molar-refractivity contribution in [1.82, 2.24) is 9.71 Å². The fourth-order valence-corrected chi connectivity index (χ4v) is 6.04. The van der Waals surface area contributed by atoms with Gasteiger partial charge in [-0.2, -0.15) is 5.26 Å². The molecule has 0 saturated carbocycles. The van der Waals surface area contributed by atoms with Crippen molar-refractivity contribution in [3.63, 3.8) is 0 Å². The Morgan fingerprint density at radius 2 is 1.79 bits per heavy atom. The molecule has 228 valence electrons. The van der Waals surface area contributed by atoms with Gasteiger partial charge in [0.25, 0.3) is 6.43 Å². The van der Waals surface area contributed by atoms with Crippen molar-refractivity contribution in [2.45, 2.75) is 64.6 Å². The van der Waals surface area contributed by atoms with Gasteiger partial charge in [0.15, 0.2) is 8.32 Å². The third kappa shape index (κ3) is 7.90. The summed E-state index contributed by atoms with van der Waals surface area (Å²) in [7, 11) is -5.95. The normalized spacial score (nSPS) is 14.3. The second-order valence-electron chi connectivity index (χ2n) is 11.6. The van der Waals surface area contributed by atoms with Gasteiger partial charge in [-0.15, -0.1) is 0 Å². The average Bonchev–Trinajstić information content (AvgIpc) is 2.86. The molecular formula is C28H36F2N4O6SSi. The summed E-state index contributed by atoms with van der Waals surface area (Å²) in [6.07, 6.45) is -3.11. The van der Waals surface area contributed by atoms with Gasteiger partial charge in [-0.25, -0.2) is 27.0 Å². The van der Waals surface area contributed by atoms with Gasteiger partial charge in [0.2, 0.25) is 15.9 Å². The second-order valence-corrected chi connectivity index (χ2v) is 18.1. The van der Waals surface area contributed by atoms with Gasteiger partial charge in [0, 0.05) is 13.1 Å². The van der Waals surface area contributed by atoms with E-state index in [1.807, 2.05) is 6.07 Å². The van der Waals surface area contributed by atoms with E-state index in [0.717, 1.165) is 11.6 Å². The largest absolute Gasteiger partial charge is 0.462 e. The van der Waals surface area contributed by atoms with Crippen molar-refractivity contribution in [3.05, 3.63) is 58.3 Å². The number of ether oxygens (including phenoxy) is 1.